The van der Waals surface area contributed by atoms with Gasteiger partial charge in [0.2, 0.25) is 9.88 Å². The van der Waals surface area contributed by atoms with Crippen molar-refractivity contribution in [1.29, 1.82) is 0 Å². The van der Waals surface area contributed by atoms with Crippen molar-refractivity contribution in [3.05, 3.63) is 30.3 Å². The average Bonchev–Trinajstić information content (AvgIpc) is 2.17. The predicted octanol–water partition coefficient (Wildman–Crippen LogP) is 3.25. The molecular weight excluding hydrogens is 276 g/mol. The Labute approximate surface area is 89.1 Å². The third-order valence-corrected chi connectivity index (χ3v) is 15.1. The number of benzene rings is 1. The lowest BCUT2D eigenvalue weighted by atomic mass is 10.4. The molecule has 3 nitrogen and oxygen atoms in total. The Morgan fingerprint density at radius 2 is 1.86 bits per heavy atom. The third kappa shape index (κ3) is 4.69. The molecule has 0 bridgehead atoms. The van der Waals surface area contributed by atoms with Crippen LogP contribution in [0, 0.1) is 0 Å². The van der Waals surface area contributed by atoms with E-state index in [2.05, 4.69) is 0 Å². The lowest BCUT2D eigenvalue weighted by Gasteiger charge is -2.00. The van der Waals surface area contributed by atoms with Crippen molar-refractivity contribution in [2.45, 2.75) is 0 Å². The molecule has 1 aromatic carbocycles. The van der Waals surface area contributed by atoms with Gasteiger partial charge in [-0.3, -0.25) is 4.57 Å². The molecule has 0 heterocycles. The molecule has 74 valence electrons. The van der Waals surface area contributed by atoms with Gasteiger partial charge in [-0.1, -0.05) is 30.3 Å². The molecular formula is C6H6O3P4S. The van der Waals surface area contributed by atoms with Crippen LogP contribution in [0.4, 0.5) is 0 Å². The summed E-state index contributed by atoms with van der Waals surface area (Å²) in [6, 6.07) is 9.52. The van der Waals surface area contributed by atoms with E-state index in [4.69, 9.17) is 0 Å². The molecule has 0 aromatic heterocycles. The van der Waals surface area contributed by atoms with Crippen LogP contribution in [0.3, 0.4) is 0 Å². The predicted molar refractivity (Wildman–Crippen MR) is 64.8 cm³/mol. The maximum Gasteiger partial charge on any atom is 0.239 e. The second kappa shape index (κ2) is 6.72. The molecule has 0 spiro atoms. The number of rotatable bonds is 4. The Kier molecular flexibility index (Phi) is 5.94. The first-order valence-corrected chi connectivity index (χ1v) is 11.5. The molecule has 0 N–H and O–H groups in total. The highest BCUT2D eigenvalue weighted by atomic mass is 32.9. The molecule has 0 aliphatic heterocycles. The Bertz CT molecular complexity index is 422. The van der Waals surface area contributed by atoms with Gasteiger partial charge in [-0.2, -0.15) is 8.42 Å². The van der Waals surface area contributed by atoms with Gasteiger partial charge in [-0.25, -0.2) is 0 Å². The zero-order valence-electron chi connectivity index (χ0n) is 6.86. The van der Waals surface area contributed by atoms with Gasteiger partial charge < -0.3 is 0 Å². The summed E-state index contributed by atoms with van der Waals surface area (Å²) in [6.07, 6.45) is 0. The molecule has 0 saturated carbocycles. The van der Waals surface area contributed by atoms with E-state index in [0.717, 1.165) is 5.30 Å². The average molecular weight is 282 g/mol. The highest BCUT2D eigenvalue weighted by Crippen LogP contribution is 2.73. The van der Waals surface area contributed by atoms with E-state index in [1.165, 1.54) is 0 Å². The fourth-order valence-electron chi connectivity index (χ4n) is 0.747. The topological polar surface area (TPSA) is 51.2 Å². The molecule has 2 atom stereocenters. The summed E-state index contributed by atoms with van der Waals surface area (Å²) >= 11 is 0. The van der Waals surface area contributed by atoms with Crippen molar-refractivity contribution in [1.82, 2.24) is 0 Å². The van der Waals surface area contributed by atoms with Crippen molar-refractivity contribution in [2.24, 2.45) is 0 Å². The maximum absolute atomic E-state index is 10.7. The highest BCUT2D eigenvalue weighted by Gasteiger charge is 2.07. The van der Waals surface area contributed by atoms with Crippen LogP contribution in [0.2, 0.25) is 0 Å². The molecule has 0 aliphatic carbocycles. The SMILES string of the molecule is O=PP(P=S(=O)=O)Pc1ccccc1. The maximum atomic E-state index is 10.7. The van der Waals surface area contributed by atoms with Gasteiger partial charge in [0.1, 0.15) is 0 Å². The van der Waals surface area contributed by atoms with Crippen LogP contribution in [0.15, 0.2) is 30.3 Å². The summed E-state index contributed by atoms with van der Waals surface area (Å²) in [7, 11) is -1.57. The Morgan fingerprint density at radius 3 is 2.36 bits per heavy atom. The van der Waals surface area contributed by atoms with E-state index in [1.807, 2.05) is 30.3 Å². The van der Waals surface area contributed by atoms with Crippen LogP contribution in [0.5, 0.6) is 0 Å². The monoisotopic (exact) mass is 282 g/mol. The first-order valence-electron chi connectivity index (χ1n) is 3.48. The van der Waals surface area contributed by atoms with E-state index >= 15 is 0 Å². The molecule has 0 aliphatic rings. The van der Waals surface area contributed by atoms with Gasteiger partial charge in [0, 0.05) is 0 Å². The summed E-state index contributed by atoms with van der Waals surface area (Å²) in [6.45, 7) is -0.970. The minimum Gasteiger partial charge on any atom is -0.269 e. The molecule has 2 unspecified atom stereocenters. The molecule has 1 rings (SSSR count). The molecule has 0 amide bonds. The van der Waals surface area contributed by atoms with Crippen LogP contribution in [-0.4, -0.2) is 8.42 Å². The Hall–Kier alpha value is 0.300. The summed E-state index contributed by atoms with van der Waals surface area (Å²) in [5.41, 5.74) is 0. The van der Waals surface area contributed by atoms with E-state index in [-0.39, 0.29) is 15.2 Å². The van der Waals surface area contributed by atoms with E-state index < -0.39 is 16.9 Å². The zero-order chi connectivity index (χ0) is 10.4. The zero-order valence-corrected chi connectivity index (χ0v) is 11.4. The quantitative estimate of drug-likeness (QED) is 0.796. The van der Waals surface area contributed by atoms with Crippen LogP contribution in [0.1, 0.15) is 0 Å². The van der Waals surface area contributed by atoms with Gasteiger partial charge in [0.15, 0.2) is 8.15 Å². The van der Waals surface area contributed by atoms with Gasteiger partial charge >= 0.3 is 0 Å². The van der Waals surface area contributed by atoms with Gasteiger partial charge in [-0.15, -0.1) is 0 Å². The van der Waals surface area contributed by atoms with Crippen molar-refractivity contribution >= 4 is 45.6 Å². The lowest BCUT2D eigenvalue weighted by molar-refractivity contribution is 0.605. The molecule has 8 heteroatoms. The van der Waals surface area contributed by atoms with Crippen molar-refractivity contribution in [3.63, 3.8) is 0 Å². The summed E-state index contributed by atoms with van der Waals surface area (Å²) < 4.78 is 31.5. The molecule has 0 saturated heterocycles. The molecule has 1 aromatic rings. The van der Waals surface area contributed by atoms with Crippen LogP contribution in [-0.2, 0) is 14.4 Å². The normalized spacial score (nSPS) is 13.7. The summed E-state index contributed by atoms with van der Waals surface area (Å²) in [5, 5.41) is 1.06. The van der Waals surface area contributed by atoms with Gasteiger partial charge in [0.05, 0.1) is 14.0 Å². The van der Waals surface area contributed by atoms with Gasteiger partial charge in [0.25, 0.3) is 0 Å². The first-order chi connectivity index (χ1) is 6.72. The Morgan fingerprint density at radius 1 is 1.21 bits per heavy atom. The second-order valence-electron chi connectivity index (χ2n) is 2.15. The minimum atomic E-state index is -2.12. The number of hydrogen-bond donors (Lipinski definition) is 0. The third-order valence-electron chi connectivity index (χ3n) is 1.22. The second-order valence-corrected chi connectivity index (χ2v) is 15.2. The van der Waals surface area contributed by atoms with Crippen molar-refractivity contribution < 1.29 is 13.0 Å². The summed E-state index contributed by atoms with van der Waals surface area (Å²) in [4.78, 5) is 0. The Balaban J connectivity index is 2.76. The smallest absolute Gasteiger partial charge is 0.239 e. The largest absolute Gasteiger partial charge is 0.269 e. The van der Waals surface area contributed by atoms with Crippen LogP contribution >= 0.6 is 30.5 Å². The highest BCUT2D eigenvalue weighted by molar-refractivity contribution is 8.78. The molecule has 14 heavy (non-hydrogen) atoms. The summed E-state index contributed by atoms with van der Waals surface area (Å²) in [5.74, 6) is 0. The molecule has 0 radical (unpaired) electrons. The van der Waals surface area contributed by atoms with Crippen molar-refractivity contribution in [2.75, 3.05) is 0 Å². The van der Waals surface area contributed by atoms with Gasteiger partial charge in [-0.05, 0) is 13.6 Å². The molecule has 0 fully saturated rings. The van der Waals surface area contributed by atoms with Crippen molar-refractivity contribution in [3.8, 4) is 0 Å². The van der Waals surface area contributed by atoms with E-state index in [9.17, 15) is 13.0 Å². The standard InChI is InChI=1S/C6H6O3P4S/c7-11-13(12-14(8)9)10-6-4-2-1-3-5-6/h1-5,10H. The lowest BCUT2D eigenvalue weighted by Crippen LogP contribution is -1.87. The van der Waals surface area contributed by atoms with E-state index in [1.54, 1.807) is 0 Å². The van der Waals surface area contributed by atoms with Crippen LogP contribution < -0.4 is 5.30 Å². The van der Waals surface area contributed by atoms with Crippen LogP contribution in [0.25, 0.3) is 0 Å². The minimum absolute atomic E-state index is 0.0481. The first kappa shape index (κ1) is 12.4. The van der Waals surface area contributed by atoms with E-state index in [0.29, 0.717) is 8.27 Å². The fraction of sp³-hybridized carbons (Fsp3) is 0. The fourth-order valence-corrected chi connectivity index (χ4v) is 12.9. The number of hydrogen-bond acceptors (Lipinski definition) is 3.